The zero-order valence-corrected chi connectivity index (χ0v) is 9.92. The van der Waals surface area contributed by atoms with Gasteiger partial charge in [0.1, 0.15) is 5.69 Å². The second-order valence-corrected chi connectivity index (χ2v) is 4.07. The Kier molecular flexibility index (Phi) is 2.96. The van der Waals surface area contributed by atoms with Crippen molar-refractivity contribution in [1.82, 2.24) is 10.2 Å². The van der Waals surface area contributed by atoms with Gasteiger partial charge in [-0.1, -0.05) is 11.6 Å². The molecule has 0 spiro atoms. The van der Waals surface area contributed by atoms with Gasteiger partial charge in [-0.05, 0) is 24.6 Å². The van der Waals surface area contributed by atoms with Gasteiger partial charge in [-0.15, -0.1) is 0 Å². The molecule has 5 nitrogen and oxygen atoms in total. The van der Waals surface area contributed by atoms with E-state index in [-0.39, 0.29) is 22.0 Å². The molecule has 2 aromatic rings. The molecule has 0 radical (unpaired) electrons. The molecule has 3 N–H and O–H groups in total. The molecular formula is C11H8ClFN2O3. The maximum absolute atomic E-state index is 13.4. The highest BCUT2D eigenvalue weighted by atomic mass is 35.5. The van der Waals surface area contributed by atoms with Crippen molar-refractivity contribution in [3.63, 3.8) is 0 Å². The number of carboxylic acids is 1. The molecule has 1 aromatic heterocycles. The van der Waals surface area contributed by atoms with Gasteiger partial charge >= 0.3 is 5.97 Å². The average Bonchev–Trinajstić information content (AvgIpc) is 2.76. The van der Waals surface area contributed by atoms with Crippen molar-refractivity contribution in [1.29, 1.82) is 0 Å². The molecule has 0 saturated heterocycles. The number of aromatic hydroxyl groups is 1. The average molecular weight is 271 g/mol. The quantitative estimate of drug-likeness (QED) is 0.783. The highest BCUT2D eigenvalue weighted by Crippen LogP contribution is 2.37. The molecule has 1 heterocycles. The number of benzene rings is 1. The van der Waals surface area contributed by atoms with Crippen molar-refractivity contribution in [3.8, 4) is 17.0 Å². The number of nitrogens with zero attached hydrogens (tertiary/aromatic N) is 1. The fourth-order valence-corrected chi connectivity index (χ4v) is 1.77. The van der Waals surface area contributed by atoms with Gasteiger partial charge in [-0.3, -0.25) is 5.10 Å². The summed E-state index contributed by atoms with van der Waals surface area (Å²) in [6.07, 6.45) is 0. The molecule has 0 saturated carbocycles. The minimum Gasteiger partial charge on any atom is -0.504 e. The van der Waals surface area contributed by atoms with Crippen LogP contribution in [-0.4, -0.2) is 26.4 Å². The van der Waals surface area contributed by atoms with Gasteiger partial charge in [0.15, 0.2) is 11.6 Å². The molecule has 0 bridgehead atoms. The lowest BCUT2D eigenvalue weighted by Crippen LogP contribution is -1.95. The number of nitrogens with one attached hydrogen (secondary N) is 1. The Hall–Kier alpha value is -2.08. The SMILES string of the molecule is Cc1c(Cl)cc(F)c(O)c1-c1cc(C(=O)O)[nH]n1. The summed E-state index contributed by atoms with van der Waals surface area (Å²) >= 11 is 5.80. The molecule has 0 unspecified atom stereocenters. The Labute approximate surface area is 106 Å². The number of rotatable bonds is 2. The van der Waals surface area contributed by atoms with Crippen LogP contribution in [0.15, 0.2) is 12.1 Å². The van der Waals surface area contributed by atoms with E-state index < -0.39 is 17.5 Å². The number of phenols is 1. The van der Waals surface area contributed by atoms with Gasteiger partial charge in [-0.2, -0.15) is 5.10 Å². The predicted molar refractivity (Wildman–Crippen MR) is 62.4 cm³/mol. The van der Waals surface area contributed by atoms with Crippen molar-refractivity contribution in [2.75, 3.05) is 0 Å². The molecule has 94 valence electrons. The van der Waals surface area contributed by atoms with Crippen molar-refractivity contribution in [2.24, 2.45) is 0 Å². The second-order valence-electron chi connectivity index (χ2n) is 3.66. The number of phenolic OH excluding ortho intramolecular Hbond substituents is 1. The first-order valence-electron chi connectivity index (χ1n) is 4.88. The first kappa shape index (κ1) is 12.4. The van der Waals surface area contributed by atoms with Gasteiger partial charge in [-0.25, -0.2) is 9.18 Å². The van der Waals surface area contributed by atoms with Gasteiger partial charge in [0.05, 0.1) is 11.3 Å². The summed E-state index contributed by atoms with van der Waals surface area (Å²) in [5.41, 5.74) is 0.440. The molecule has 0 fully saturated rings. The summed E-state index contributed by atoms with van der Waals surface area (Å²) in [6.45, 7) is 1.58. The smallest absolute Gasteiger partial charge is 0.353 e. The number of halogens is 2. The van der Waals surface area contributed by atoms with Crippen LogP contribution in [0.25, 0.3) is 11.3 Å². The van der Waals surface area contributed by atoms with E-state index in [0.717, 1.165) is 6.07 Å². The topological polar surface area (TPSA) is 86.2 Å². The Balaban J connectivity index is 2.66. The van der Waals surface area contributed by atoms with E-state index in [0.29, 0.717) is 5.56 Å². The molecule has 1 aromatic carbocycles. The Morgan fingerprint density at radius 2 is 2.17 bits per heavy atom. The number of hydrogen-bond acceptors (Lipinski definition) is 3. The van der Waals surface area contributed by atoms with Crippen LogP contribution < -0.4 is 0 Å². The van der Waals surface area contributed by atoms with Crippen LogP contribution in [0.1, 0.15) is 16.1 Å². The maximum Gasteiger partial charge on any atom is 0.353 e. The number of carboxylic acid groups (broad SMARTS) is 1. The number of hydrogen-bond donors (Lipinski definition) is 3. The van der Waals surface area contributed by atoms with E-state index in [1.54, 1.807) is 6.92 Å². The van der Waals surface area contributed by atoms with E-state index in [1.165, 1.54) is 6.07 Å². The summed E-state index contributed by atoms with van der Waals surface area (Å²) < 4.78 is 13.4. The first-order chi connectivity index (χ1) is 8.41. The van der Waals surface area contributed by atoms with Gasteiger partial charge < -0.3 is 10.2 Å². The Bertz CT molecular complexity index is 613. The molecule has 0 aliphatic heterocycles. The summed E-state index contributed by atoms with van der Waals surface area (Å²) in [5.74, 6) is -2.70. The lowest BCUT2D eigenvalue weighted by molar-refractivity contribution is 0.0690. The monoisotopic (exact) mass is 270 g/mol. The standard InChI is InChI=1S/C11H8ClFN2O3/c1-4-5(12)2-6(13)10(16)9(4)7-3-8(11(17)18)15-14-7/h2-3,16H,1H3,(H,14,15)(H,17,18). The normalized spacial score (nSPS) is 10.6. The molecule has 7 heteroatoms. The van der Waals surface area contributed by atoms with Crippen LogP contribution in [0.4, 0.5) is 4.39 Å². The highest BCUT2D eigenvalue weighted by molar-refractivity contribution is 6.31. The number of H-pyrrole nitrogens is 1. The molecule has 0 atom stereocenters. The van der Waals surface area contributed by atoms with Crippen LogP contribution in [0.3, 0.4) is 0 Å². The third kappa shape index (κ3) is 1.91. The molecule has 18 heavy (non-hydrogen) atoms. The van der Waals surface area contributed by atoms with E-state index in [9.17, 15) is 14.3 Å². The fourth-order valence-electron chi connectivity index (χ4n) is 1.58. The van der Waals surface area contributed by atoms with Gasteiger partial charge in [0, 0.05) is 5.02 Å². The van der Waals surface area contributed by atoms with Crippen LogP contribution in [0.5, 0.6) is 5.75 Å². The lowest BCUT2D eigenvalue weighted by atomic mass is 10.0. The van der Waals surface area contributed by atoms with E-state index in [1.807, 2.05) is 0 Å². The van der Waals surface area contributed by atoms with Crippen LogP contribution in [-0.2, 0) is 0 Å². The summed E-state index contributed by atoms with van der Waals surface area (Å²) in [7, 11) is 0. The zero-order chi connectivity index (χ0) is 13.4. The third-order valence-electron chi connectivity index (χ3n) is 2.51. The number of carbonyl (C=O) groups is 1. The van der Waals surface area contributed by atoms with Crippen molar-refractivity contribution < 1.29 is 19.4 Å². The summed E-state index contributed by atoms with van der Waals surface area (Å²) in [5, 5.41) is 24.5. The van der Waals surface area contributed by atoms with E-state index >= 15 is 0 Å². The highest BCUT2D eigenvalue weighted by Gasteiger charge is 2.19. The molecule has 0 aliphatic carbocycles. The fraction of sp³-hybridized carbons (Fsp3) is 0.0909. The Morgan fingerprint density at radius 3 is 2.72 bits per heavy atom. The van der Waals surface area contributed by atoms with Crippen LogP contribution in [0, 0.1) is 12.7 Å². The van der Waals surface area contributed by atoms with Crippen molar-refractivity contribution >= 4 is 17.6 Å². The summed E-state index contributed by atoms with van der Waals surface area (Å²) in [4.78, 5) is 10.7. The van der Waals surface area contributed by atoms with Crippen molar-refractivity contribution in [3.05, 3.63) is 34.2 Å². The minimum atomic E-state index is -1.20. The lowest BCUT2D eigenvalue weighted by Gasteiger charge is -2.08. The van der Waals surface area contributed by atoms with Gasteiger partial charge in [0.25, 0.3) is 0 Å². The predicted octanol–water partition coefficient (Wildman–Crippen LogP) is 2.58. The number of aromatic amines is 1. The minimum absolute atomic E-state index is 0.0729. The first-order valence-corrected chi connectivity index (χ1v) is 5.26. The number of aromatic nitrogens is 2. The van der Waals surface area contributed by atoms with E-state index in [4.69, 9.17) is 16.7 Å². The van der Waals surface area contributed by atoms with Crippen LogP contribution >= 0.6 is 11.6 Å². The maximum atomic E-state index is 13.4. The Morgan fingerprint density at radius 1 is 1.50 bits per heavy atom. The van der Waals surface area contributed by atoms with Crippen LogP contribution in [0.2, 0.25) is 5.02 Å². The molecule has 2 rings (SSSR count). The number of aromatic carboxylic acids is 1. The molecule has 0 aliphatic rings. The zero-order valence-electron chi connectivity index (χ0n) is 9.16. The largest absolute Gasteiger partial charge is 0.504 e. The molecule has 0 amide bonds. The van der Waals surface area contributed by atoms with Crippen molar-refractivity contribution in [2.45, 2.75) is 6.92 Å². The third-order valence-corrected chi connectivity index (χ3v) is 2.91. The molecular weight excluding hydrogens is 263 g/mol. The summed E-state index contributed by atoms with van der Waals surface area (Å²) in [6, 6.07) is 2.18. The van der Waals surface area contributed by atoms with E-state index in [2.05, 4.69) is 10.2 Å². The van der Waals surface area contributed by atoms with Gasteiger partial charge in [0.2, 0.25) is 0 Å². The second kappa shape index (κ2) is 4.30.